The number of rotatable bonds is 8. The van der Waals surface area contributed by atoms with Crippen molar-refractivity contribution in [3.05, 3.63) is 59.7 Å². The number of ether oxygens (including phenoxy) is 1. The summed E-state index contributed by atoms with van der Waals surface area (Å²) in [6.07, 6.45) is 0. The molecule has 0 saturated heterocycles. The summed E-state index contributed by atoms with van der Waals surface area (Å²) >= 11 is 0. The van der Waals surface area contributed by atoms with Gasteiger partial charge in [-0.25, -0.2) is 4.79 Å². The Kier molecular flexibility index (Phi) is 7.55. The van der Waals surface area contributed by atoms with Crippen LogP contribution < -0.4 is 10.2 Å². The predicted octanol–water partition coefficient (Wildman–Crippen LogP) is 2.35. The van der Waals surface area contributed by atoms with Crippen LogP contribution in [0.15, 0.2) is 53.4 Å². The van der Waals surface area contributed by atoms with Crippen LogP contribution >= 0.6 is 0 Å². The molecule has 1 N–H and O–H groups in total. The zero-order valence-electron chi connectivity index (χ0n) is 15.7. The van der Waals surface area contributed by atoms with Crippen LogP contribution in [0.1, 0.15) is 22.8 Å². The first-order valence-electron chi connectivity index (χ1n) is 8.60. The van der Waals surface area contributed by atoms with Gasteiger partial charge in [-0.05, 0) is 29.8 Å². The van der Waals surface area contributed by atoms with Crippen molar-refractivity contribution in [2.75, 3.05) is 31.4 Å². The second kappa shape index (κ2) is 9.87. The summed E-state index contributed by atoms with van der Waals surface area (Å²) in [6.45, 7) is 1.74. The lowest BCUT2D eigenvalue weighted by molar-refractivity contribution is -0.124. The van der Waals surface area contributed by atoms with E-state index in [1.54, 1.807) is 31.2 Å². The Morgan fingerprint density at radius 2 is 1.74 bits per heavy atom. The van der Waals surface area contributed by atoms with E-state index in [0.717, 1.165) is 11.3 Å². The van der Waals surface area contributed by atoms with Gasteiger partial charge in [-0.1, -0.05) is 31.2 Å². The molecule has 0 unspecified atom stereocenters. The fraction of sp³-hybridized carbons (Fsp3) is 0.300. The average molecular weight is 388 g/mol. The Hall–Kier alpha value is -2.67. The van der Waals surface area contributed by atoms with Crippen molar-refractivity contribution in [1.82, 2.24) is 5.32 Å². The third kappa shape index (κ3) is 5.92. The maximum atomic E-state index is 12.2. The highest BCUT2D eigenvalue weighted by atomic mass is 32.2. The van der Waals surface area contributed by atoms with Crippen LogP contribution in [-0.4, -0.2) is 42.5 Å². The van der Waals surface area contributed by atoms with E-state index in [-0.39, 0.29) is 12.2 Å². The molecule has 2 rings (SSSR count). The predicted molar refractivity (Wildman–Crippen MR) is 106 cm³/mol. The van der Waals surface area contributed by atoms with Crippen molar-refractivity contribution in [3.8, 4) is 0 Å². The van der Waals surface area contributed by atoms with Gasteiger partial charge in [-0.2, -0.15) is 0 Å². The van der Waals surface area contributed by atoms with E-state index in [2.05, 4.69) is 5.32 Å². The van der Waals surface area contributed by atoms with Crippen molar-refractivity contribution in [2.45, 2.75) is 18.4 Å². The lowest BCUT2D eigenvalue weighted by Gasteiger charge is -2.13. The second-order valence-electron chi connectivity index (χ2n) is 6.04. The first-order valence-corrected chi connectivity index (χ1v) is 9.91. The fourth-order valence-corrected chi connectivity index (χ4v) is 3.30. The van der Waals surface area contributed by atoms with Crippen LogP contribution in [0.25, 0.3) is 0 Å². The number of amides is 1. The SMILES string of the molecule is CC[S@](=O)c1ccccc1C(=O)OCC(=O)NCc1ccc(N(C)C)cc1. The largest absolute Gasteiger partial charge is 0.452 e. The Morgan fingerprint density at radius 1 is 1.07 bits per heavy atom. The van der Waals surface area contributed by atoms with Gasteiger partial charge in [-0.3, -0.25) is 9.00 Å². The summed E-state index contributed by atoms with van der Waals surface area (Å²) in [4.78, 5) is 26.6. The maximum absolute atomic E-state index is 12.2. The molecule has 0 fully saturated rings. The molecule has 0 aliphatic carbocycles. The molecule has 27 heavy (non-hydrogen) atoms. The van der Waals surface area contributed by atoms with E-state index < -0.39 is 22.7 Å². The minimum absolute atomic E-state index is 0.227. The van der Waals surface area contributed by atoms with Crippen LogP contribution in [0.3, 0.4) is 0 Å². The van der Waals surface area contributed by atoms with E-state index in [1.807, 2.05) is 43.3 Å². The zero-order chi connectivity index (χ0) is 19.8. The highest BCUT2D eigenvalue weighted by Gasteiger charge is 2.17. The van der Waals surface area contributed by atoms with Crippen LogP contribution in [0.2, 0.25) is 0 Å². The normalized spacial score (nSPS) is 11.5. The number of esters is 1. The Balaban J connectivity index is 1.87. The molecule has 0 bridgehead atoms. The summed E-state index contributed by atoms with van der Waals surface area (Å²) in [5.41, 5.74) is 2.25. The summed E-state index contributed by atoms with van der Waals surface area (Å²) in [5.74, 6) is -0.649. The van der Waals surface area contributed by atoms with Gasteiger partial charge in [0.2, 0.25) is 0 Å². The van der Waals surface area contributed by atoms with E-state index >= 15 is 0 Å². The monoisotopic (exact) mass is 388 g/mol. The summed E-state index contributed by atoms with van der Waals surface area (Å²) in [6, 6.07) is 14.4. The fourth-order valence-electron chi connectivity index (χ4n) is 2.36. The molecule has 6 nitrogen and oxygen atoms in total. The second-order valence-corrected chi connectivity index (χ2v) is 7.75. The highest BCUT2D eigenvalue weighted by Crippen LogP contribution is 2.15. The molecule has 7 heteroatoms. The molecule has 0 aliphatic rings. The third-order valence-corrected chi connectivity index (χ3v) is 5.26. The average Bonchev–Trinajstić information content (AvgIpc) is 2.70. The molecule has 144 valence electrons. The zero-order valence-corrected chi connectivity index (χ0v) is 16.5. The maximum Gasteiger partial charge on any atom is 0.339 e. The lowest BCUT2D eigenvalue weighted by Crippen LogP contribution is -2.28. The number of carbonyl (C=O) groups excluding carboxylic acids is 2. The number of nitrogens with zero attached hydrogens (tertiary/aromatic N) is 1. The van der Waals surface area contributed by atoms with Crippen molar-refractivity contribution >= 4 is 28.4 Å². The van der Waals surface area contributed by atoms with Gasteiger partial charge in [-0.15, -0.1) is 0 Å². The Labute approximate surface area is 162 Å². The molecule has 2 aromatic carbocycles. The molecule has 1 atom stereocenters. The first kappa shape index (κ1) is 20.6. The Morgan fingerprint density at radius 3 is 2.37 bits per heavy atom. The van der Waals surface area contributed by atoms with E-state index in [1.165, 1.54) is 0 Å². The van der Waals surface area contributed by atoms with E-state index in [0.29, 0.717) is 17.2 Å². The van der Waals surface area contributed by atoms with Crippen molar-refractivity contribution < 1.29 is 18.5 Å². The minimum atomic E-state index is -1.28. The standard InChI is InChI=1S/C20H24N2O4S/c1-4-27(25)18-8-6-5-7-17(18)20(24)26-14-19(23)21-13-15-9-11-16(12-10-15)22(2)3/h5-12H,4,13-14H2,1-3H3,(H,21,23)/t27-/m0/s1. The topological polar surface area (TPSA) is 75.7 Å². The van der Waals surface area contributed by atoms with E-state index in [4.69, 9.17) is 4.74 Å². The number of nitrogens with one attached hydrogen (secondary N) is 1. The highest BCUT2D eigenvalue weighted by molar-refractivity contribution is 7.85. The van der Waals surface area contributed by atoms with Gasteiger partial charge in [0.15, 0.2) is 6.61 Å². The van der Waals surface area contributed by atoms with Crippen molar-refractivity contribution in [2.24, 2.45) is 0 Å². The molecule has 2 aromatic rings. The molecule has 0 saturated carbocycles. The molecular weight excluding hydrogens is 364 g/mol. The smallest absolute Gasteiger partial charge is 0.339 e. The number of anilines is 1. The molecule has 0 radical (unpaired) electrons. The molecule has 1 amide bonds. The number of hydrogen-bond donors (Lipinski definition) is 1. The third-order valence-electron chi connectivity index (χ3n) is 3.89. The van der Waals surface area contributed by atoms with Gasteiger partial charge in [0.05, 0.1) is 21.3 Å². The van der Waals surface area contributed by atoms with Crippen LogP contribution in [0.5, 0.6) is 0 Å². The number of benzene rings is 2. The van der Waals surface area contributed by atoms with Crippen LogP contribution in [0.4, 0.5) is 5.69 Å². The molecule has 0 spiro atoms. The van der Waals surface area contributed by atoms with Gasteiger partial charge in [0, 0.05) is 32.1 Å². The Bertz CT molecular complexity index is 819. The van der Waals surface area contributed by atoms with Crippen molar-refractivity contribution in [3.63, 3.8) is 0 Å². The quantitative estimate of drug-likeness (QED) is 0.703. The molecular formula is C20H24N2O4S. The minimum Gasteiger partial charge on any atom is -0.452 e. The van der Waals surface area contributed by atoms with Gasteiger partial charge in [0.25, 0.3) is 5.91 Å². The summed E-state index contributed by atoms with van der Waals surface area (Å²) in [5, 5.41) is 2.71. The van der Waals surface area contributed by atoms with Gasteiger partial charge >= 0.3 is 5.97 Å². The van der Waals surface area contributed by atoms with Crippen LogP contribution in [-0.2, 0) is 26.9 Å². The van der Waals surface area contributed by atoms with Crippen LogP contribution in [0, 0.1) is 0 Å². The molecule has 0 aromatic heterocycles. The van der Waals surface area contributed by atoms with Gasteiger partial charge in [0.1, 0.15) is 0 Å². The number of carbonyl (C=O) groups is 2. The summed E-state index contributed by atoms with van der Waals surface area (Å²) < 4.78 is 17.1. The molecule has 0 aliphatic heterocycles. The van der Waals surface area contributed by atoms with Crippen molar-refractivity contribution in [1.29, 1.82) is 0 Å². The number of hydrogen-bond acceptors (Lipinski definition) is 5. The molecule has 0 heterocycles. The van der Waals surface area contributed by atoms with E-state index in [9.17, 15) is 13.8 Å². The first-order chi connectivity index (χ1) is 12.9. The lowest BCUT2D eigenvalue weighted by atomic mass is 10.2. The van der Waals surface area contributed by atoms with Gasteiger partial charge < -0.3 is 15.0 Å². The summed E-state index contributed by atoms with van der Waals surface area (Å²) in [7, 11) is 2.64.